The summed E-state index contributed by atoms with van der Waals surface area (Å²) in [6.07, 6.45) is 3.64. The van der Waals surface area contributed by atoms with Crippen LogP contribution in [0.4, 0.5) is 0 Å². The van der Waals surface area contributed by atoms with Crippen LogP contribution >= 0.6 is 0 Å². The van der Waals surface area contributed by atoms with Crippen molar-refractivity contribution < 1.29 is 14.4 Å². The van der Waals surface area contributed by atoms with Gasteiger partial charge in [0.05, 0.1) is 13.0 Å². The Morgan fingerprint density at radius 3 is 2.23 bits per heavy atom. The first-order valence-corrected chi connectivity index (χ1v) is 13.0. The summed E-state index contributed by atoms with van der Waals surface area (Å²) in [6.45, 7) is 8.61. The molecule has 3 amide bonds. The van der Waals surface area contributed by atoms with E-state index >= 15 is 0 Å². The molecule has 0 aromatic heterocycles. The van der Waals surface area contributed by atoms with Gasteiger partial charge in [-0.1, -0.05) is 56.3 Å². The second kappa shape index (κ2) is 11.7. The van der Waals surface area contributed by atoms with E-state index in [1.54, 1.807) is 0 Å². The van der Waals surface area contributed by atoms with Gasteiger partial charge in [-0.25, -0.2) is 0 Å². The van der Waals surface area contributed by atoms with Crippen molar-refractivity contribution in [3.05, 3.63) is 48.0 Å². The minimum absolute atomic E-state index is 0.0160. The topological polar surface area (TPSA) is 73.0 Å². The lowest BCUT2D eigenvalue weighted by molar-refractivity contribution is -0.140. The molecule has 4 rings (SSSR count). The number of carbonyl (C=O) groups is 3. The van der Waals surface area contributed by atoms with Crippen molar-refractivity contribution in [2.45, 2.75) is 45.6 Å². The van der Waals surface area contributed by atoms with Crippen LogP contribution in [0.2, 0.25) is 0 Å². The van der Waals surface area contributed by atoms with Gasteiger partial charge in [0, 0.05) is 39.3 Å². The molecule has 7 nitrogen and oxygen atoms in total. The van der Waals surface area contributed by atoms with Crippen molar-refractivity contribution in [1.82, 2.24) is 20.0 Å². The molecule has 0 aliphatic carbocycles. The van der Waals surface area contributed by atoms with Gasteiger partial charge in [-0.3, -0.25) is 19.3 Å². The number of benzene rings is 2. The molecule has 7 heteroatoms. The number of amides is 3. The Morgan fingerprint density at radius 1 is 0.829 bits per heavy atom. The molecule has 2 aromatic rings. The average molecular weight is 479 g/mol. The predicted octanol–water partition coefficient (Wildman–Crippen LogP) is 2.68. The molecular weight excluding hydrogens is 440 g/mol. The Morgan fingerprint density at radius 2 is 1.51 bits per heavy atom. The van der Waals surface area contributed by atoms with Gasteiger partial charge in [0.25, 0.3) is 0 Å². The van der Waals surface area contributed by atoms with Crippen LogP contribution in [0.5, 0.6) is 0 Å². The second-order valence-corrected chi connectivity index (χ2v) is 10.1. The minimum Gasteiger partial charge on any atom is -0.344 e. The van der Waals surface area contributed by atoms with E-state index in [2.05, 4.69) is 10.2 Å². The molecule has 2 aliphatic heterocycles. The maximum atomic E-state index is 13.3. The number of carbonyl (C=O) groups excluding carboxylic acids is 3. The molecule has 1 N–H and O–H groups in total. The standard InChI is InChI=1S/C28H38N4O3/c1-21(2)27(29-25(33)19-23-11-8-10-22-9-4-5-12-24(22)23)28(35)32-17-15-30(16-18-32)20-26(34)31-13-6-3-7-14-31/h4-5,8-12,21,27H,3,6-7,13-20H2,1-2H3,(H,29,33)/t27-/m1/s1. The van der Waals surface area contributed by atoms with E-state index in [0.717, 1.165) is 42.3 Å². The molecule has 2 aromatic carbocycles. The third-order valence-electron chi connectivity index (χ3n) is 7.23. The summed E-state index contributed by atoms with van der Waals surface area (Å²) in [5, 5.41) is 5.17. The number of fused-ring (bicyclic) bond motifs is 1. The van der Waals surface area contributed by atoms with E-state index in [4.69, 9.17) is 0 Å². The maximum Gasteiger partial charge on any atom is 0.245 e. The summed E-state index contributed by atoms with van der Waals surface area (Å²) in [5.74, 6) is 0.00959. The summed E-state index contributed by atoms with van der Waals surface area (Å²) in [7, 11) is 0. The number of piperidine rings is 1. The third kappa shape index (κ3) is 6.40. The molecule has 0 radical (unpaired) electrons. The molecule has 2 aliphatic rings. The highest BCUT2D eigenvalue weighted by atomic mass is 16.2. The molecule has 0 bridgehead atoms. The highest BCUT2D eigenvalue weighted by Crippen LogP contribution is 2.19. The fraction of sp³-hybridized carbons (Fsp3) is 0.536. The largest absolute Gasteiger partial charge is 0.344 e. The lowest BCUT2D eigenvalue weighted by Crippen LogP contribution is -2.57. The van der Waals surface area contributed by atoms with Crippen LogP contribution in [-0.4, -0.2) is 84.3 Å². The van der Waals surface area contributed by atoms with Crippen LogP contribution < -0.4 is 5.32 Å². The van der Waals surface area contributed by atoms with Crippen molar-refractivity contribution in [3.63, 3.8) is 0 Å². The molecular formula is C28H38N4O3. The number of likely N-dealkylation sites (tertiary alicyclic amines) is 1. The molecule has 2 saturated heterocycles. The first-order valence-electron chi connectivity index (χ1n) is 13.0. The number of nitrogens with zero attached hydrogens (tertiary/aromatic N) is 3. The summed E-state index contributed by atoms with van der Waals surface area (Å²) in [4.78, 5) is 44.8. The van der Waals surface area contributed by atoms with Crippen molar-refractivity contribution in [3.8, 4) is 0 Å². The Balaban J connectivity index is 1.30. The minimum atomic E-state index is -0.556. The molecule has 2 fully saturated rings. The van der Waals surface area contributed by atoms with Gasteiger partial charge < -0.3 is 15.1 Å². The second-order valence-electron chi connectivity index (χ2n) is 10.1. The normalized spacial score (nSPS) is 18.0. The van der Waals surface area contributed by atoms with E-state index in [1.807, 2.05) is 66.1 Å². The number of rotatable bonds is 7. The first kappa shape index (κ1) is 25.2. The quantitative estimate of drug-likeness (QED) is 0.664. The smallest absolute Gasteiger partial charge is 0.245 e. The number of hydrogen-bond donors (Lipinski definition) is 1. The number of hydrogen-bond acceptors (Lipinski definition) is 4. The Hall–Kier alpha value is -2.93. The summed E-state index contributed by atoms with van der Waals surface area (Å²) >= 11 is 0. The highest BCUT2D eigenvalue weighted by molar-refractivity contribution is 5.92. The van der Waals surface area contributed by atoms with E-state index in [0.29, 0.717) is 32.7 Å². The fourth-order valence-corrected chi connectivity index (χ4v) is 5.12. The lowest BCUT2D eigenvalue weighted by Gasteiger charge is -2.38. The molecule has 0 unspecified atom stereocenters. The van der Waals surface area contributed by atoms with Crippen LogP contribution in [0.15, 0.2) is 42.5 Å². The van der Waals surface area contributed by atoms with E-state index in [9.17, 15) is 14.4 Å². The van der Waals surface area contributed by atoms with Gasteiger partial charge in [0.1, 0.15) is 6.04 Å². The molecule has 35 heavy (non-hydrogen) atoms. The van der Waals surface area contributed by atoms with Crippen LogP contribution in [-0.2, 0) is 20.8 Å². The number of nitrogens with one attached hydrogen (secondary N) is 1. The summed E-state index contributed by atoms with van der Waals surface area (Å²) < 4.78 is 0. The zero-order chi connectivity index (χ0) is 24.8. The van der Waals surface area contributed by atoms with Crippen molar-refractivity contribution in [1.29, 1.82) is 0 Å². The molecule has 0 spiro atoms. The van der Waals surface area contributed by atoms with Gasteiger partial charge >= 0.3 is 0 Å². The zero-order valence-electron chi connectivity index (χ0n) is 21.0. The van der Waals surface area contributed by atoms with E-state index < -0.39 is 6.04 Å². The molecule has 2 heterocycles. The van der Waals surface area contributed by atoms with E-state index in [-0.39, 0.29) is 30.1 Å². The number of piperazine rings is 1. The Kier molecular flexibility index (Phi) is 8.39. The summed E-state index contributed by atoms with van der Waals surface area (Å²) in [6, 6.07) is 13.4. The Labute approximate surface area is 208 Å². The van der Waals surface area contributed by atoms with Gasteiger partial charge in [0.2, 0.25) is 17.7 Å². The van der Waals surface area contributed by atoms with E-state index in [1.165, 1.54) is 6.42 Å². The average Bonchev–Trinajstić information content (AvgIpc) is 2.88. The predicted molar refractivity (Wildman–Crippen MR) is 138 cm³/mol. The van der Waals surface area contributed by atoms with Crippen LogP contribution in [0.3, 0.4) is 0 Å². The van der Waals surface area contributed by atoms with Crippen LogP contribution in [0.1, 0.15) is 38.7 Å². The fourth-order valence-electron chi connectivity index (χ4n) is 5.12. The highest BCUT2D eigenvalue weighted by Gasteiger charge is 2.31. The van der Waals surface area contributed by atoms with Crippen LogP contribution in [0.25, 0.3) is 10.8 Å². The molecule has 0 saturated carbocycles. The van der Waals surface area contributed by atoms with Gasteiger partial charge in [-0.15, -0.1) is 0 Å². The van der Waals surface area contributed by atoms with Crippen molar-refractivity contribution in [2.24, 2.45) is 5.92 Å². The SMILES string of the molecule is CC(C)[C@@H](NC(=O)Cc1cccc2ccccc12)C(=O)N1CCN(CC(=O)N2CCCCC2)CC1. The zero-order valence-corrected chi connectivity index (χ0v) is 21.0. The lowest BCUT2D eigenvalue weighted by atomic mass is 9.99. The summed E-state index contributed by atoms with van der Waals surface area (Å²) in [5.41, 5.74) is 0.961. The van der Waals surface area contributed by atoms with Crippen LogP contribution in [0, 0.1) is 5.92 Å². The van der Waals surface area contributed by atoms with Gasteiger partial charge in [-0.05, 0) is 41.5 Å². The Bertz CT molecular complexity index is 1030. The van der Waals surface area contributed by atoms with Gasteiger partial charge in [-0.2, -0.15) is 0 Å². The van der Waals surface area contributed by atoms with Gasteiger partial charge in [0.15, 0.2) is 0 Å². The monoisotopic (exact) mass is 478 g/mol. The maximum absolute atomic E-state index is 13.3. The molecule has 1 atom stereocenters. The third-order valence-corrected chi connectivity index (χ3v) is 7.23. The first-order chi connectivity index (χ1) is 16.9. The molecule has 188 valence electrons. The van der Waals surface area contributed by atoms with Crippen molar-refractivity contribution >= 4 is 28.5 Å². The van der Waals surface area contributed by atoms with Crippen molar-refractivity contribution in [2.75, 3.05) is 45.8 Å².